The van der Waals surface area contributed by atoms with Gasteiger partial charge >= 0.3 is 5.97 Å². The van der Waals surface area contributed by atoms with Gasteiger partial charge in [0.1, 0.15) is 10.6 Å². The van der Waals surface area contributed by atoms with E-state index in [4.69, 9.17) is 9.05 Å². The maximum Gasteiger partial charge on any atom is 0.304 e. The number of carbonyl (C=O) groups is 1. The summed E-state index contributed by atoms with van der Waals surface area (Å²) >= 11 is 0. The highest BCUT2D eigenvalue weighted by Crippen LogP contribution is 2.31. The zero-order valence-electron chi connectivity index (χ0n) is 18.0. The molecule has 0 aromatic carbocycles. The molecule has 172 valence electrons. The van der Waals surface area contributed by atoms with Gasteiger partial charge in [-0.2, -0.15) is 4.98 Å². The Morgan fingerprint density at radius 3 is 2.58 bits per heavy atom. The Hall–Kier alpha value is -2.27. The van der Waals surface area contributed by atoms with Crippen LogP contribution in [0, 0.1) is 19.8 Å². The molecule has 0 saturated heterocycles. The Morgan fingerprint density at radius 1 is 1.19 bits per heavy atom. The molecule has 2 heterocycles. The summed E-state index contributed by atoms with van der Waals surface area (Å²) in [6.07, 6.45) is 8.89. The highest BCUT2D eigenvalue weighted by molar-refractivity contribution is 7.89. The van der Waals surface area contributed by atoms with Crippen molar-refractivity contribution in [3.05, 3.63) is 23.2 Å². The highest BCUT2D eigenvalue weighted by Gasteiger charge is 2.26. The van der Waals surface area contributed by atoms with Gasteiger partial charge in [-0.1, -0.05) is 55.3 Å². The molecule has 1 unspecified atom stereocenters. The summed E-state index contributed by atoms with van der Waals surface area (Å²) in [6.45, 7) is 2.88. The van der Waals surface area contributed by atoms with Gasteiger partial charge in [0.15, 0.2) is 11.6 Å². The summed E-state index contributed by atoms with van der Waals surface area (Å²) in [6, 6.07) is 0. The van der Waals surface area contributed by atoms with Crippen molar-refractivity contribution in [2.24, 2.45) is 5.92 Å². The van der Waals surface area contributed by atoms with E-state index >= 15 is 0 Å². The highest BCUT2D eigenvalue weighted by atomic mass is 32.2. The van der Waals surface area contributed by atoms with Gasteiger partial charge in [-0.25, -0.2) is 13.1 Å². The summed E-state index contributed by atoms with van der Waals surface area (Å²) in [7, 11) is -3.86. The molecule has 1 aliphatic carbocycles. The van der Waals surface area contributed by atoms with Crippen molar-refractivity contribution < 1.29 is 27.4 Å². The second kappa shape index (κ2) is 10.4. The third-order valence-corrected chi connectivity index (χ3v) is 7.45. The first kappa shape index (κ1) is 23.4. The summed E-state index contributed by atoms with van der Waals surface area (Å²) in [5.74, 6) is -0.0249. The van der Waals surface area contributed by atoms with Crippen LogP contribution in [0.1, 0.15) is 86.9 Å². The Kier molecular flexibility index (Phi) is 7.82. The predicted octanol–water partition coefficient (Wildman–Crippen LogP) is 3.46. The Bertz CT molecular complexity index is 958. The summed E-state index contributed by atoms with van der Waals surface area (Å²) in [5.41, 5.74) is 0.262. The van der Waals surface area contributed by atoms with Crippen LogP contribution >= 0.6 is 0 Å². The fraction of sp³-hybridized carbons (Fsp3) is 0.700. The van der Waals surface area contributed by atoms with Crippen LogP contribution in [0.2, 0.25) is 0 Å². The normalized spacial score (nSPS) is 16.5. The number of hydrogen-bond acceptors (Lipinski definition) is 8. The molecule has 10 nitrogen and oxygen atoms in total. The molecule has 11 heteroatoms. The van der Waals surface area contributed by atoms with Crippen molar-refractivity contribution in [3.8, 4) is 0 Å². The van der Waals surface area contributed by atoms with Crippen molar-refractivity contribution in [2.45, 2.75) is 89.0 Å². The fourth-order valence-electron chi connectivity index (χ4n) is 4.25. The van der Waals surface area contributed by atoms with Crippen molar-refractivity contribution in [1.82, 2.24) is 20.0 Å². The van der Waals surface area contributed by atoms with Crippen molar-refractivity contribution >= 4 is 16.0 Å². The summed E-state index contributed by atoms with van der Waals surface area (Å²) < 4.78 is 37.6. The Balaban J connectivity index is 1.59. The maximum atomic E-state index is 12.5. The SMILES string of the molecule is Cc1noc(C)c1S(=O)(=O)NCc1noc(C(CCCC2CCCCC2)CC(=O)O)n1. The number of carboxylic acid groups (broad SMARTS) is 1. The van der Waals surface area contributed by atoms with Crippen LogP contribution in [0.5, 0.6) is 0 Å². The molecular formula is C20H30N4O6S. The van der Waals surface area contributed by atoms with Crippen LogP contribution in [0.3, 0.4) is 0 Å². The number of hydrogen-bond donors (Lipinski definition) is 2. The van der Waals surface area contributed by atoms with E-state index in [-0.39, 0.29) is 46.9 Å². The molecule has 0 radical (unpaired) electrons. The van der Waals surface area contributed by atoms with E-state index in [1.165, 1.54) is 39.0 Å². The molecule has 0 aliphatic heterocycles. The lowest BCUT2D eigenvalue weighted by molar-refractivity contribution is -0.137. The molecule has 31 heavy (non-hydrogen) atoms. The fourth-order valence-corrected chi connectivity index (χ4v) is 5.55. The first-order valence-electron chi connectivity index (χ1n) is 10.7. The molecule has 3 rings (SSSR count). The minimum absolute atomic E-state index is 0.0114. The number of nitrogens with zero attached hydrogens (tertiary/aromatic N) is 3. The third-order valence-electron chi connectivity index (χ3n) is 5.80. The van der Waals surface area contributed by atoms with Crippen LogP contribution in [0.25, 0.3) is 0 Å². The second-order valence-corrected chi connectivity index (χ2v) is 9.96. The Labute approximate surface area is 181 Å². The number of nitrogens with one attached hydrogen (secondary N) is 1. The first-order valence-corrected chi connectivity index (χ1v) is 12.2. The average molecular weight is 455 g/mol. The van der Waals surface area contributed by atoms with Gasteiger partial charge in [-0.15, -0.1) is 0 Å². The van der Waals surface area contributed by atoms with E-state index in [0.29, 0.717) is 6.42 Å². The zero-order valence-corrected chi connectivity index (χ0v) is 18.8. The van der Waals surface area contributed by atoms with Gasteiger partial charge in [0.05, 0.1) is 13.0 Å². The van der Waals surface area contributed by atoms with Gasteiger partial charge in [-0.3, -0.25) is 4.79 Å². The van der Waals surface area contributed by atoms with Crippen LogP contribution < -0.4 is 4.72 Å². The molecule has 2 aromatic rings. The standard InChI is InChI=1S/C20H30N4O6S/c1-13-19(14(2)29-23-13)31(27,28)21-12-17-22-20(30-24-17)16(11-18(25)26)10-6-9-15-7-4-3-5-8-15/h15-16,21H,3-12H2,1-2H3,(H,25,26). The van der Waals surface area contributed by atoms with Crippen molar-refractivity contribution in [2.75, 3.05) is 0 Å². The van der Waals surface area contributed by atoms with Crippen LogP contribution in [0.15, 0.2) is 13.9 Å². The molecule has 2 aromatic heterocycles. The lowest BCUT2D eigenvalue weighted by Gasteiger charge is -2.21. The Morgan fingerprint density at radius 2 is 1.94 bits per heavy atom. The van der Waals surface area contributed by atoms with Crippen LogP contribution in [0.4, 0.5) is 0 Å². The minimum atomic E-state index is -3.86. The van der Waals surface area contributed by atoms with E-state index in [2.05, 4.69) is 20.0 Å². The molecular weight excluding hydrogens is 424 g/mol. The van der Waals surface area contributed by atoms with E-state index < -0.39 is 16.0 Å². The largest absolute Gasteiger partial charge is 0.481 e. The molecule has 0 amide bonds. The maximum absolute atomic E-state index is 12.5. The first-order chi connectivity index (χ1) is 14.8. The average Bonchev–Trinajstić information content (AvgIpc) is 3.33. The number of aliphatic carboxylic acids is 1. The molecule has 1 saturated carbocycles. The molecule has 1 fully saturated rings. The lowest BCUT2D eigenvalue weighted by atomic mass is 9.84. The van der Waals surface area contributed by atoms with Gasteiger partial charge in [0, 0.05) is 5.92 Å². The third kappa shape index (κ3) is 6.36. The summed E-state index contributed by atoms with van der Waals surface area (Å²) in [4.78, 5) is 15.6. The number of sulfonamides is 1. The number of aryl methyl sites for hydroxylation is 2. The molecule has 1 atom stereocenters. The molecule has 0 bridgehead atoms. The molecule has 0 spiro atoms. The summed E-state index contributed by atoms with van der Waals surface area (Å²) in [5, 5.41) is 16.8. The quantitative estimate of drug-likeness (QED) is 0.520. The van der Waals surface area contributed by atoms with Gasteiger partial charge in [0.2, 0.25) is 15.9 Å². The smallest absolute Gasteiger partial charge is 0.304 e. The van der Waals surface area contributed by atoms with E-state index in [0.717, 1.165) is 18.8 Å². The van der Waals surface area contributed by atoms with Crippen LogP contribution in [-0.2, 0) is 21.4 Å². The van der Waals surface area contributed by atoms with Gasteiger partial charge < -0.3 is 14.2 Å². The monoisotopic (exact) mass is 454 g/mol. The van der Waals surface area contributed by atoms with E-state index in [1.54, 1.807) is 6.92 Å². The second-order valence-electron chi connectivity index (χ2n) is 8.26. The van der Waals surface area contributed by atoms with Gasteiger partial charge in [0.25, 0.3) is 0 Å². The minimum Gasteiger partial charge on any atom is -0.481 e. The zero-order chi connectivity index (χ0) is 22.4. The van der Waals surface area contributed by atoms with E-state index in [9.17, 15) is 18.3 Å². The number of carboxylic acids is 1. The predicted molar refractivity (Wildman–Crippen MR) is 110 cm³/mol. The van der Waals surface area contributed by atoms with Crippen molar-refractivity contribution in [1.29, 1.82) is 0 Å². The lowest BCUT2D eigenvalue weighted by Crippen LogP contribution is -2.24. The van der Waals surface area contributed by atoms with Gasteiger partial charge in [-0.05, 0) is 26.2 Å². The van der Waals surface area contributed by atoms with Crippen LogP contribution in [-0.4, -0.2) is 34.8 Å². The molecule has 2 N–H and O–H groups in total. The van der Waals surface area contributed by atoms with E-state index in [1.807, 2.05) is 0 Å². The molecule has 1 aliphatic rings. The van der Waals surface area contributed by atoms with Crippen molar-refractivity contribution in [3.63, 3.8) is 0 Å². The number of aromatic nitrogens is 3. The topological polar surface area (TPSA) is 148 Å². The number of rotatable bonds is 11.